The Hall–Kier alpha value is -2.55. The van der Waals surface area contributed by atoms with E-state index in [0.717, 1.165) is 18.4 Å². The molecule has 2 aromatic rings. The van der Waals surface area contributed by atoms with Crippen molar-refractivity contribution in [1.29, 1.82) is 0 Å². The second-order valence-electron chi connectivity index (χ2n) is 5.81. The lowest BCUT2D eigenvalue weighted by atomic mass is 10.2. The number of rotatable bonds is 11. The molecule has 0 saturated carbocycles. The maximum Gasteiger partial charge on any atom is 0.235 e. The molecule has 0 atom stereocenters. The lowest BCUT2D eigenvalue weighted by molar-refractivity contribution is -0.118. The van der Waals surface area contributed by atoms with Crippen LogP contribution >= 0.6 is 11.8 Å². The molecule has 27 heavy (non-hydrogen) atoms. The van der Waals surface area contributed by atoms with Crippen molar-refractivity contribution in [2.75, 3.05) is 23.4 Å². The first-order valence-corrected chi connectivity index (χ1v) is 9.88. The molecule has 2 N–H and O–H groups in total. The molecule has 2 heterocycles. The molecule has 0 aliphatic carbocycles. The highest BCUT2D eigenvalue weighted by Gasteiger charge is 2.10. The van der Waals surface area contributed by atoms with Gasteiger partial charge in [-0.05, 0) is 19.4 Å². The van der Waals surface area contributed by atoms with Crippen LogP contribution in [-0.2, 0) is 16.1 Å². The fourth-order valence-corrected chi connectivity index (χ4v) is 2.73. The Morgan fingerprint density at radius 3 is 2.85 bits per heavy atom. The summed E-state index contributed by atoms with van der Waals surface area (Å²) in [5.41, 5.74) is 0.825. The summed E-state index contributed by atoms with van der Waals surface area (Å²) in [6, 6.07) is 5.30. The van der Waals surface area contributed by atoms with E-state index in [9.17, 15) is 9.59 Å². The van der Waals surface area contributed by atoms with Crippen LogP contribution in [0.2, 0.25) is 0 Å². The number of hydrogen-bond acceptors (Lipinski definition) is 7. The van der Waals surface area contributed by atoms with Gasteiger partial charge in [-0.25, -0.2) is 4.98 Å². The SMILES string of the molecule is CCCCOc1ncccc1CNC(=O)CSCC(=O)Nc1cc(C)on1. The predicted octanol–water partition coefficient (Wildman–Crippen LogP) is 2.55. The minimum Gasteiger partial charge on any atom is -0.477 e. The van der Waals surface area contributed by atoms with Gasteiger partial charge in [0.25, 0.3) is 0 Å². The second kappa shape index (κ2) is 11.2. The first-order chi connectivity index (χ1) is 13.1. The maximum absolute atomic E-state index is 12.0. The van der Waals surface area contributed by atoms with Crippen LogP contribution in [0, 0.1) is 6.92 Å². The molecule has 9 heteroatoms. The molecule has 0 aromatic carbocycles. The molecular formula is C18H24N4O4S. The number of amides is 2. The van der Waals surface area contributed by atoms with Gasteiger partial charge in [0.1, 0.15) is 5.76 Å². The van der Waals surface area contributed by atoms with Gasteiger partial charge in [-0.1, -0.05) is 24.6 Å². The van der Waals surface area contributed by atoms with E-state index < -0.39 is 0 Å². The van der Waals surface area contributed by atoms with Crippen LogP contribution in [-0.4, -0.2) is 40.1 Å². The molecule has 2 aromatic heterocycles. The minimum atomic E-state index is -0.236. The third-order valence-corrected chi connectivity index (χ3v) is 4.36. The van der Waals surface area contributed by atoms with Crippen molar-refractivity contribution < 1.29 is 18.8 Å². The van der Waals surface area contributed by atoms with Gasteiger partial charge < -0.3 is 19.9 Å². The normalized spacial score (nSPS) is 10.4. The molecule has 8 nitrogen and oxygen atoms in total. The highest BCUT2D eigenvalue weighted by molar-refractivity contribution is 8.00. The van der Waals surface area contributed by atoms with Crippen LogP contribution in [0.5, 0.6) is 5.88 Å². The number of carbonyl (C=O) groups excluding carboxylic acids is 2. The number of aromatic nitrogens is 2. The molecule has 0 fully saturated rings. The summed E-state index contributed by atoms with van der Waals surface area (Å²) in [5.74, 6) is 1.46. The van der Waals surface area contributed by atoms with Gasteiger partial charge in [-0.2, -0.15) is 0 Å². The third kappa shape index (κ3) is 7.69. The molecule has 0 unspecified atom stereocenters. The minimum absolute atomic E-state index is 0.150. The predicted molar refractivity (Wildman–Crippen MR) is 104 cm³/mol. The number of hydrogen-bond donors (Lipinski definition) is 2. The molecule has 0 saturated heterocycles. The average molecular weight is 392 g/mol. The number of nitrogens with zero attached hydrogens (tertiary/aromatic N) is 2. The van der Waals surface area contributed by atoms with Crippen LogP contribution in [0.1, 0.15) is 31.1 Å². The van der Waals surface area contributed by atoms with E-state index in [-0.39, 0.29) is 23.3 Å². The van der Waals surface area contributed by atoms with Crippen molar-refractivity contribution in [3.05, 3.63) is 35.7 Å². The lowest BCUT2D eigenvalue weighted by Crippen LogP contribution is -2.26. The van der Waals surface area contributed by atoms with Gasteiger partial charge in [0.15, 0.2) is 5.82 Å². The zero-order valence-electron chi connectivity index (χ0n) is 15.5. The Morgan fingerprint density at radius 2 is 2.11 bits per heavy atom. The van der Waals surface area contributed by atoms with Gasteiger partial charge in [0.05, 0.1) is 18.1 Å². The molecule has 2 amide bonds. The first-order valence-electron chi connectivity index (χ1n) is 8.72. The number of ether oxygens (including phenoxy) is 1. The smallest absolute Gasteiger partial charge is 0.235 e. The summed E-state index contributed by atoms with van der Waals surface area (Å²) >= 11 is 1.22. The van der Waals surface area contributed by atoms with Crippen LogP contribution < -0.4 is 15.4 Å². The van der Waals surface area contributed by atoms with Crippen molar-refractivity contribution in [3.63, 3.8) is 0 Å². The van der Waals surface area contributed by atoms with Crippen LogP contribution in [0.3, 0.4) is 0 Å². The fourth-order valence-electron chi connectivity index (χ4n) is 2.09. The molecule has 0 bridgehead atoms. The van der Waals surface area contributed by atoms with Crippen molar-refractivity contribution in [2.24, 2.45) is 0 Å². The Kier molecular flexibility index (Phi) is 8.63. The van der Waals surface area contributed by atoms with E-state index in [1.165, 1.54) is 11.8 Å². The van der Waals surface area contributed by atoms with E-state index in [4.69, 9.17) is 9.26 Å². The number of thioether (sulfide) groups is 1. The Balaban J connectivity index is 1.68. The number of nitrogens with one attached hydrogen (secondary N) is 2. The Bertz CT molecular complexity index is 750. The topological polar surface area (TPSA) is 106 Å². The average Bonchev–Trinajstić information content (AvgIpc) is 3.05. The summed E-state index contributed by atoms with van der Waals surface area (Å²) < 4.78 is 10.5. The van der Waals surface area contributed by atoms with Crippen LogP contribution in [0.15, 0.2) is 28.9 Å². The van der Waals surface area contributed by atoms with E-state index in [0.29, 0.717) is 30.6 Å². The zero-order chi connectivity index (χ0) is 19.5. The van der Waals surface area contributed by atoms with Gasteiger partial charge in [0, 0.05) is 24.4 Å². The number of unbranched alkanes of at least 4 members (excludes halogenated alkanes) is 1. The fraction of sp³-hybridized carbons (Fsp3) is 0.444. The monoisotopic (exact) mass is 392 g/mol. The lowest BCUT2D eigenvalue weighted by Gasteiger charge is -2.10. The third-order valence-electron chi connectivity index (χ3n) is 3.42. The first kappa shape index (κ1) is 20.8. The van der Waals surface area contributed by atoms with Crippen molar-refractivity contribution in [1.82, 2.24) is 15.5 Å². The summed E-state index contributed by atoms with van der Waals surface area (Å²) in [7, 11) is 0. The molecular weight excluding hydrogens is 368 g/mol. The Labute approximate surface area is 162 Å². The van der Waals surface area contributed by atoms with E-state index in [2.05, 4.69) is 27.7 Å². The largest absolute Gasteiger partial charge is 0.477 e. The number of anilines is 1. The van der Waals surface area contributed by atoms with Gasteiger partial charge in [-0.15, -0.1) is 11.8 Å². The van der Waals surface area contributed by atoms with Crippen molar-refractivity contribution in [2.45, 2.75) is 33.2 Å². The molecule has 146 valence electrons. The van der Waals surface area contributed by atoms with Gasteiger partial charge in [-0.3, -0.25) is 9.59 Å². The Morgan fingerprint density at radius 1 is 1.30 bits per heavy atom. The maximum atomic E-state index is 12.0. The van der Waals surface area contributed by atoms with Crippen LogP contribution in [0.25, 0.3) is 0 Å². The highest BCUT2D eigenvalue weighted by Crippen LogP contribution is 2.14. The number of pyridine rings is 1. The van der Waals surface area contributed by atoms with Crippen LogP contribution in [0.4, 0.5) is 5.82 Å². The highest BCUT2D eigenvalue weighted by atomic mass is 32.2. The second-order valence-corrected chi connectivity index (χ2v) is 6.80. The summed E-state index contributed by atoms with van der Waals surface area (Å²) in [6.45, 7) is 4.77. The zero-order valence-corrected chi connectivity index (χ0v) is 16.3. The molecule has 0 spiro atoms. The number of carbonyl (C=O) groups is 2. The van der Waals surface area contributed by atoms with E-state index in [1.54, 1.807) is 25.3 Å². The van der Waals surface area contributed by atoms with Gasteiger partial charge in [0.2, 0.25) is 17.7 Å². The number of aryl methyl sites for hydroxylation is 1. The molecule has 0 aliphatic rings. The van der Waals surface area contributed by atoms with Gasteiger partial charge >= 0.3 is 0 Å². The summed E-state index contributed by atoms with van der Waals surface area (Å²) in [6.07, 6.45) is 3.66. The quantitative estimate of drug-likeness (QED) is 0.566. The van der Waals surface area contributed by atoms with Crippen molar-refractivity contribution >= 4 is 29.4 Å². The van der Waals surface area contributed by atoms with Crippen molar-refractivity contribution in [3.8, 4) is 5.88 Å². The van der Waals surface area contributed by atoms with E-state index in [1.807, 2.05) is 6.07 Å². The summed E-state index contributed by atoms with van der Waals surface area (Å²) in [4.78, 5) is 28.0. The summed E-state index contributed by atoms with van der Waals surface area (Å²) in [5, 5.41) is 9.11. The van der Waals surface area contributed by atoms with E-state index >= 15 is 0 Å². The molecule has 0 radical (unpaired) electrons. The molecule has 2 rings (SSSR count). The standard InChI is InChI=1S/C18H24N4O4S/c1-3-4-8-25-18-14(6-5-7-19-18)10-20-16(23)11-27-12-17(24)21-15-9-13(2)26-22-15/h5-7,9H,3-4,8,10-12H2,1-2H3,(H,20,23)(H,21,22,24). The molecule has 0 aliphatic heterocycles.